The molecule has 0 spiro atoms. The molecule has 1 unspecified atom stereocenters. The van der Waals surface area contributed by atoms with Gasteiger partial charge in [0.25, 0.3) is 0 Å². The maximum atomic E-state index is 12.1. The van der Waals surface area contributed by atoms with Crippen molar-refractivity contribution in [1.29, 1.82) is 0 Å². The Labute approximate surface area is 195 Å². The number of carbonyl (C=O) groups is 2. The number of ether oxygens (including phenoxy) is 1. The van der Waals surface area contributed by atoms with Crippen LogP contribution < -0.4 is 5.32 Å². The number of aliphatic carboxylic acids is 1. The molecule has 0 heterocycles. The van der Waals surface area contributed by atoms with E-state index in [1.165, 1.54) is 0 Å². The Bertz CT molecular complexity index is 746. The zero-order valence-corrected chi connectivity index (χ0v) is 22.5. The molecule has 0 aliphatic rings. The van der Waals surface area contributed by atoms with Gasteiger partial charge in [-0.3, -0.25) is 4.79 Å². The Hall–Kier alpha value is -1.86. The molecule has 0 saturated heterocycles. The van der Waals surface area contributed by atoms with Gasteiger partial charge < -0.3 is 19.6 Å². The summed E-state index contributed by atoms with van der Waals surface area (Å²) in [5.74, 6) is -1.01. The number of benzene rings is 1. The predicted molar refractivity (Wildman–Crippen MR) is 132 cm³/mol. The normalized spacial score (nSPS) is 14.5. The van der Waals surface area contributed by atoms with Crippen LogP contribution in [0.5, 0.6) is 0 Å². The number of carboxylic acids is 1. The van der Waals surface area contributed by atoms with Crippen LogP contribution in [-0.2, 0) is 26.0 Å². The van der Waals surface area contributed by atoms with E-state index in [4.69, 9.17) is 9.16 Å². The van der Waals surface area contributed by atoms with Crippen LogP contribution in [0.25, 0.3) is 0 Å². The summed E-state index contributed by atoms with van der Waals surface area (Å²) in [6.07, 6.45) is -0.632. The first-order chi connectivity index (χ1) is 14.6. The minimum atomic E-state index is -1.98. The maximum Gasteiger partial charge on any atom is 0.407 e. The van der Waals surface area contributed by atoms with Crippen molar-refractivity contribution in [3.8, 4) is 0 Å². The summed E-state index contributed by atoms with van der Waals surface area (Å²) in [6.45, 7) is 20.9. The molecule has 1 atom stereocenters. The summed E-state index contributed by atoms with van der Waals surface area (Å²) in [4.78, 5) is 24.1. The molecule has 1 aromatic carbocycles. The summed E-state index contributed by atoms with van der Waals surface area (Å²) in [7, 11) is -1.98. The zero-order chi connectivity index (χ0) is 24.9. The van der Waals surface area contributed by atoms with Crippen molar-refractivity contribution in [3.05, 3.63) is 35.4 Å². The van der Waals surface area contributed by atoms with Crippen LogP contribution in [0, 0.1) is 0 Å². The molecule has 7 heteroatoms. The first-order valence-electron chi connectivity index (χ1n) is 11.5. The second kappa shape index (κ2) is 10.8. The lowest BCUT2D eigenvalue weighted by Gasteiger charge is -2.42. The fraction of sp³-hybridized carbons (Fsp3) is 0.680. The Morgan fingerprint density at radius 3 is 1.78 bits per heavy atom. The summed E-state index contributed by atoms with van der Waals surface area (Å²) in [5, 5.41) is 12.5. The van der Waals surface area contributed by atoms with Crippen LogP contribution in [0.1, 0.15) is 80.4 Å². The Morgan fingerprint density at radius 2 is 1.41 bits per heavy atom. The van der Waals surface area contributed by atoms with Gasteiger partial charge in [-0.2, -0.15) is 0 Å². The van der Waals surface area contributed by atoms with E-state index in [2.05, 4.69) is 46.9 Å². The van der Waals surface area contributed by atoms with Gasteiger partial charge in [0.05, 0.1) is 6.61 Å². The monoisotopic (exact) mass is 465 g/mol. The number of carboxylic acid groups (broad SMARTS) is 1. The third-order valence-corrected chi connectivity index (χ3v) is 12.3. The number of rotatable bonds is 10. The maximum absolute atomic E-state index is 12.1. The van der Waals surface area contributed by atoms with Crippen molar-refractivity contribution >= 4 is 20.4 Å². The van der Waals surface area contributed by atoms with Gasteiger partial charge in [-0.15, -0.1) is 0 Å². The van der Waals surface area contributed by atoms with Gasteiger partial charge >= 0.3 is 12.1 Å². The van der Waals surface area contributed by atoms with Crippen molar-refractivity contribution in [2.24, 2.45) is 0 Å². The van der Waals surface area contributed by atoms with Crippen LogP contribution in [0.2, 0.25) is 16.6 Å². The van der Waals surface area contributed by atoms with Gasteiger partial charge in [0.15, 0.2) is 0 Å². The topological polar surface area (TPSA) is 84.9 Å². The summed E-state index contributed by atoms with van der Waals surface area (Å²) < 4.78 is 11.9. The van der Waals surface area contributed by atoms with E-state index in [0.717, 1.165) is 5.56 Å². The molecule has 32 heavy (non-hydrogen) atoms. The average Bonchev–Trinajstić information content (AvgIpc) is 2.64. The molecule has 0 aliphatic heterocycles. The number of alkyl carbamates (subject to hydrolysis) is 1. The molecule has 2 N–H and O–H groups in total. The molecule has 182 valence electrons. The van der Waals surface area contributed by atoms with Crippen LogP contribution in [-0.4, -0.2) is 37.6 Å². The molecule has 0 saturated carbocycles. The standard InChI is InChI=1S/C25H43NO5Si/c1-17(2)32(18(3)4,19(5)6)30-15-20-11-13-21(14-12-20)25(10,22(27)28)16-26-23(29)31-24(7,8)9/h11-14,17-19H,15-16H2,1-10H3,(H,26,29)(H,27,28). The molecule has 1 rings (SSSR count). The average molecular weight is 466 g/mol. The molecule has 6 nitrogen and oxygen atoms in total. The fourth-order valence-corrected chi connectivity index (χ4v) is 9.96. The van der Waals surface area contributed by atoms with E-state index in [1.807, 2.05) is 24.3 Å². The molecule has 0 aliphatic carbocycles. The lowest BCUT2D eigenvalue weighted by molar-refractivity contribution is -0.143. The van der Waals surface area contributed by atoms with Gasteiger partial charge in [0, 0.05) is 6.54 Å². The highest BCUT2D eigenvalue weighted by atomic mass is 28.4. The van der Waals surface area contributed by atoms with Crippen molar-refractivity contribution < 1.29 is 23.9 Å². The Morgan fingerprint density at radius 1 is 0.938 bits per heavy atom. The van der Waals surface area contributed by atoms with E-state index in [-0.39, 0.29) is 6.54 Å². The Balaban J connectivity index is 2.99. The molecular weight excluding hydrogens is 422 g/mol. The largest absolute Gasteiger partial charge is 0.481 e. The van der Waals surface area contributed by atoms with Crippen LogP contribution in [0.4, 0.5) is 4.79 Å². The molecule has 1 aromatic rings. The number of nitrogens with one attached hydrogen (secondary N) is 1. The number of carbonyl (C=O) groups excluding carboxylic acids is 1. The van der Waals surface area contributed by atoms with Crippen molar-refractivity contribution in [2.75, 3.05) is 6.54 Å². The summed E-state index contributed by atoms with van der Waals surface area (Å²) in [5.41, 5.74) is 1.20. The van der Waals surface area contributed by atoms with Gasteiger partial charge in [-0.25, -0.2) is 4.79 Å². The van der Waals surface area contributed by atoms with E-state index in [9.17, 15) is 14.7 Å². The first-order valence-corrected chi connectivity index (χ1v) is 13.6. The van der Waals surface area contributed by atoms with Gasteiger partial charge in [-0.05, 0) is 55.4 Å². The molecule has 0 bridgehead atoms. The van der Waals surface area contributed by atoms with E-state index < -0.39 is 31.4 Å². The highest BCUT2D eigenvalue weighted by Gasteiger charge is 2.45. The minimum absolute atomic E-state index is 0.0723. The van der Waals surface area contributed by atoms with E-state index >= 15 is 0 Å². The van der Waals surface area contributed by atoms with Crippen molar-refractivity contribution in [3.63, 3.8) is 0 Å². The van der Waals surface area contributed by atoms with E-state index in [0.29, 0.717) is 28.8 Å². The lowest BCUT2D eigenvalue weighted by Crippen LogP contribution is -2.47. The highest BCUT2D eigenvalue weighted by Crippen LogP contribution is 2.42. The smallest absolute Gasteiger partial charge is 0.407 e. The lowest BCUT2D eigenvalue weighted by atomic mass is 9.82. The minimum Gasteiger partial charge on any atom is -0.481 e. The molecule has 0 fully saturated rings. The number of amides is 1. The fourth-order valence-electron chi connectivity index (χ4n) is 4.54. The molecular formula is C25H43NO5Si. The molecule has 0 radical (unpaired) electrons. The predicted octanol–water partition coefficient (Wildman–Crippen LogP) is 6.25. The third kappa shape index (κ3) is 6.82. The van der Waals surface area contributed by atoms with Crippen LogP contribution in [0.3, 0.4) is 0 Å². The second-order valence-corrected chi connectivity index (χ2v) is 16.3. The summed E-state index contributed by atoms with van der Waals surface area (Å²) in [6, 6.07) is 7.47. The van der Waals surface area contributed by atoms with Gasteiger partial charge in [-0.1, -0.05) is 65.8 Å². The SMILES string of the molecule is CC(C)[Si](OCc1ccc(C(C)(CNC(=O)OC(C)(C)C)C(=O)O)cc1)(C(C)C)C(C)C. The van der Waals surface area contributed by atoms with Crippen LogP contribution in [0.15, 0.2) is 24.3 Å². The van der Waals surface area contributed by atoms with Crippen LogP contribution >= 0.6 is 0 Å². The highest BCUT2D eigenvalue weighted by molar-refractivity contribution is 6.77. The van der Waals surface area contributed by atoms with Gasteiger partial charge in [0.2, 0.25) is 8.32 Å². The first kappa shape index (κ1) is 28.2. The van der Waals surface area contributed by atoms with Gasteiger partial charge in [0.1, 0.15) is 11.0 Å². The number of hydrogen-bond acceptors (Lipinski definition) is 4. The molecule has 0 aromatic heterocycles. The molecule has 1 amide bonds. The van der Waals surface area contributed by atoms with Crippen molar-refractivity contribution in [1.82, 2.24) is 5.32 Å². The van der Waals surface area contributed by atoms with E-state index in [1.54, 1.807) is 27.7 Å². The third-order valence-electron chi connectivity index (χ3n) is 6.24. The van der Waals surface area contributed by atoms with Crippen molar-refractivity contribution in [2.45, 2.75) is 103 Å². The zero-order valence-electron chi connectivity index (χ0n) is 21.5. The Kier molecular flexibility index (Phi) is 9.54. The second-order valence-electron chi connectivity index (χ2n) is 10.8. The quantitative estimate of drug-likeness (QED) is 0.399. The summed E-state index contributed by atoms with van der Waals surface area (Å²) >= 11 is 0. The number of hydrogen-bond donors (Lipinski definition) is 2.